The van der Waals surface area contributed by atoms with Crippen LogP contribution in [0, 0.1) is 11.3 Å². The third-order valence-corrected chi connectivity index (χ3v) is 2.25. The van der Waals surface area contributed by atoms with Crippen LogP contribution in [0.15, 0.2) is 12.1 Å². The van der Waals surface area contributed by atoms with Gasteiger partial charge >= 0.3 is 0 Å². The Morgan fingerprint density at radius 2 is 2.36 bits per heavy atom. The average molecular weight is 190 g/mol. The average Bonchev–Trinajstić information content (AvgIpc) is 2.65. The summed E-state index contributed by atoms with van der Waals surface area (Å²) >= 11 is 0. The molecule has 0 amide bonds. The molecule has 72 valence electrons. The lowest BCUT2D eigenvalue weighted by Gasteiger charge is -2.14. The van der Waals surface area contributed by atoms with Crippen molar-refractivity contribution in [2.75, 3.05) is 18.0 Å². The molecular weight excluding hydrogens is 180 g/mol. The van der Waals surface area contributed by atoms with Crippen LogP contribution in [0.3, 0.4) is 0 Å². The molecule has 0 unspecified atom stereocenters. The van der Waals surface area contributed by atoms with Crippen LogP contribution in [0.4, 0.5) is 5.82 Å². The zero-order valence-corrected chi connectivity index (χ0v) is 7.59. The Morgan fingerprint density at radius 3 is 2.86 bits per heavy atom. The van der Waals surface area contributed by atoms with Crippen molar-refractivity contribution < 1.29 is 5.11 Å². The summed E-state index contributed by atoms with van der Waals surface area (Å²) < 4.78 is 0. The monoisotopic (exact) mass is 190 g/mol. The molecule has 0 aromatic carbocycles. The number of nitriles is 1. The summed E-state index contributed by atoms with van der Waals surface area (Å²) in [6, 6.07) is 5.30. The highest BCUT2D eigenvalue weighted by molar-refractivity contribution is 5.40. The second-order valence-electron chi connectivity index (χ2n) is 3.28. The number of anilines is 1. The Bertz CT molecular complexity index is 356. The lowest BCUT2D eigenvalue weighted by Crippen LogP contribution is -2.22. The fraction of sp³-hybridized carbons (Fsp3) is 0.444. The van der Waals surface area contributed by atoms with Crippen molar-refractivity contribution in [2.24, 2.45) is 0 Å². The van der Waals surface area contributed by atoms with Crippen LogP contribution in [0.5, 0.6) is 0 Å². The second-order valence-corrected chi connectivity index (χ2v) is 3.28. The molecule has 2 heterocycles. The van der Waals surface area contributed by atoms with Gasteiger partial charge in [0.25, 0.3) is 0 Å². The molecule has 0 radical (unpaired) electrons. The van der Waals surface area contributed by atoms with E-state index < -0.39 is 0 Å². The first kappa shape index (κ1) is 8.91. The largest absolute Gasteiger partial charge is 0.391 e. The van der Waals surface area contributed by atoms with E-state index in [2.05, 4.69) is 10.2 Å². The number of aliphatic hydroxyl groups is 1. The first-order valence-corrected chi connectivity index (χ1v) is 4.46. The Labute approximate surface area is 81.6 Å². The molecule has 1 N–H and O–H groups in total. The van der Waals surface area contributed by atoms with Crippen LogP contribution in [-0.2, 0) is 0 Å². The number of hydrogen-bond acceptors (Lipinski definition) is 5. The van der Waals surface area contributed by atoms with Gasteiger partial charge in [0, 0.05) is 13.1 Å². The molecule has 0 spiro atoms. The normalized spacial score (nSPS) is 20.9. The summed E-state index contributed by atoms with van der Waals surface area (Å²) in [6.07, 6.45) is 0.495. The minimum Gasteiger partial charge on any atom is -0.391 e. The maximum Gasteiger partial charge on any atom is 0.163 e. The van der Waals surface area contributed by atoms with Crippen LogP contribution in [0.1, 0.15) is 12.1 Å². The highest BCUT2D eigenvalue weighted by Crippen LogP contribution is 2.16. The molecule has 1 aliphatic heterocycles. The minimum absolute atomic E-state index is 0.271. The third-order valence-electron chi connectivity index (χ3n) is 2.25. The fourth-order valence-corrected chi connectivity index (χ4v) is 1.50. The van der Waals surface area contributed by atoms with E-state index in [0.29, 0.717) is 12.2 Å². The highest BCUT2D eigenvalue weighted by atomic mass is 16.3. The van der Waals surface area contributed by atoms with Crippen LogP contribution in [-0.4, -0.2) is 34.5 Å². The molecular formula is C9H10N4O. The molecule has 0 bridgehead atoms. The molecule has 1 aliphatic rings. The van der Waals surface area contributed by atoms with E-state index in [1.165, 1.54) is 0 Å². The summed E-state index contributed by atoms with van der Waals surface area (Å²) in [5.74, 6) is 0.723. The van der Waals surface area contributed by atoms with Crippen molar-refractivity contribution in [1.82, 2.24) is 10.2 Å². The van der Waals surface area contributed by atoms with Gasteiger partial charge in [0.2, 0.25) is 0 Å². The zero-order chi connectivity index (χ0) is 9.97. The van der Waals surface area contributed by atoms with E-state index in [0.717, 1.165) is 18.8 Å². The maximum absolute atomic E-state index is 9.32. The number of aliphatic hydroxyl groups excluding tert-OH is 1. The molecule has 14 heavy (non-hydrogen) atoms. The van der Waals surface area contributed by atoms with Gasteiger partial charge in [0.05, 0.1) is 6.10 Å². The zero-order valence-electron chi connectivity index (χ0n) is 7.59. The number of aromatic nitrogens is 2. The third kappa shape index (κ3) is 1.65. The molecule has 1 aromatic rings. The molecule has 1 aromatic heterocycles. The number of nitrogens with zero attached hydrogens (tertiary/aromatic N) is 4. The second kappa shape index (κ2) is 3.60. The van der Waals surface area contributed by atoms with Gasteiger partial charge in [0.1, 0.15) is 6.07 Å². The summed E-state index contributed by atoms with van der Waals surface area (Å²) in [6.45, 7) is 1.39. The van der Waals surface area contributed by atoms with Crippen molar-refractivity contribution in [3.05, 3.63) is 17.8 Å². The summed E-state index contributed by atoms with van der Waals surface area (Å²) in [7, 11) is 0. The molecule has 1 fully saturated rings. The minimum atomic E-state index is -0.271. The SMILES string of the molecule is N#Cc1ccc(N2CC[C@H](O)C2)nn1. The highest BCUT2D eigenvalue weighted by Gasteiger charge is 2.21. The quantitative estimate of drug-likeness (QED) is 0.670. The van der Waals surface area contributed by atoms with Crippen molar-refractivity contribution in [2.45, 2.75) is 12.5 Å². The summed E-state index contributed by atoms with van der Waals surface area (Å²) in [5.41, 5.74) is 0.313. The smallest absolute Gasteiger partial charge is 0.163 e. The Morgan fingerprint density at radius 1 is 1.50 bits per heavy atom. The molecule has 0 saturated carbocycles. The van der Waals surface area contributed by atoms with Gasteiger partial charge in [-0.05, 0) is 18.6 Å². The van der Waals surface area contributed by atoms with Crippen LogP contribution < -0.4 is 4.90 Å². The Hall–Kier alpha value is -1.67. The van der Waals surface area contributed by atoms with E-state index in [1.54, 1.807) is 12.1 Å². The van der Waals surface area contributed by atoms with Gasteiger partial charge < -0.3 is 10.0 Å². The van der Waals surface area contributed by atoms with E-state index >= 15 is 0 Å². The number of β-amino-alcohol motifs (C(OH)–C–C–N with tert-alkyl or cyclic N) is 1. The fourth-order valence-electron chi connectivity index (χ4n) is 1.50. The summed E-state index contributed by atoms with van der Waals surface area (Å²) in [4.78, 5) is 1.96. The molecule has 5 heteroatoms. The standard InChI is InChI=1S/C9H10N4O/c10-5-7-1-2-9(12-11-7)13-4-3-8(14)6-13/h1-2,8,14H,3-4,6H2/t8-/m0/s1. The van der Waals surface area contributed by atoms with E-state index in [4.69, 9.17) is 5.26 Å². The van der Waals surface area contributed by atoms with Gasteiger partial charge in [-0.1, -0.05) is 0 Å². The van der Waals surface area contributed by atoms with Gasteiger partial charge in [-0.3, -0.25) is 0 Å². The summed E-state index contributed by atoms with van der Waals surface area (Å²) in [5, 5.41) is 25.5. The lowest BCUT2D eigenvalue weighted by molar-refractivity contribution is 0.198. The Balaban J connectivity index is 2.14. The van der Waals surface area contributed by atoms with Crippen LogP contribution in [0.2, 0.25) is 0 Å². The van der Waals surface area contributed by atoms with Crippen molar-refractivity contribution >= 4 is 5.82 Å². The first-order chi connectivity index (χ1) is 6.79. The van der Waals surface area contributed by atoms with Crippen LogP contribution >= 0.6 is 0 Å². The number of rotatable bonds is 1. The van der Waals surface area contributed by atoms with E-state index in [1.807, 2.05) is 11.0 Å². The van der Waals surface area contributed by atoms with Crippen LogP contribution in [0.25, 0.3) is 0 Å². The van der Waals surface area contributed by atoms with Gasteiger partial charge in [-0.15, -0.1) is 10.2 Å². The van der Waals surface area contributed by atoms with Gasteiger partial charge in [-0.25, -0.2) is 0 Å². The molecule has 1 atom stereocenters. The topological polar surface area (TPSA) is 73.0 Å². The lowest BCUT2D eigenvalue weighted by atomic mass is 10.3. The molecule has 1 saturated heterocycles. The predicted octanol–water partition coefficient (Wildman–Crippen LogP) is -0.0807. The number of hydrogen-bond donors (Lipinski definition) is 1. The van der Waals surface area contributed by atoms with E-state index in [-0.39, 0.29) is 6.10 Å². The predicted molar refractivity (Wildman–Crippen MR) is 49.6 cm³/mol. The van der Waals surface area contributed by atoms with E-state index in [9.17, 15) is 5.11 Å². The molecule has 0 aliphatic carbocycles. The maximum atomic E-state index is 9.32. The van der Waals surface area contributed by atoms with Crippen molar-refractivity contribution in [3.63, 3.8) is 0 Å². The van der Waals surface area contributed by atoms with Gasteiger partial charge in [0.15, 0.2) is 11.5 Å². The van der Waals surface area contributed by atoms with Crippen molar-refractivity contribution in [3.8, 4) is 6.07 Å². The van der Waals surface area contributed by atoms with Gasteiger partial charge in [-0.2, -0.15) is 5.26 Å². The Kier molecular flexibility index (Phi) is 2.29. The molecule has 2 rings (SSSR count). The first-order valence-electron chi connectivity index (χ1n) is 4.46. The van der Waals surface area contributed by atoms with Crippen molar-refractivity contribution in [1.29, 1.82) is 5.26 Å². The molecule has 5 nitrogen and oxygen atoms in total.